The number of rotatable bonds is 7. The highest BCUT2D eigenvalue weighted by Crippen LogP contribution is 2.34. The molecule has 0 radical (unpaired) electrons. The SMILES string of the molecule is CN(C)c1nc(N[C@H]2CC[C@@H](NC(=O)C3CCCCC3C(=O)c3ccccc3)CC2)nc2c1CCCC2. The summed E-state index contributed by atoms with van der Waals surface area (Å²) in [5.41, 5.74) is 3.22. The molecule has 7 nitrogen and oxygen atoms in total. The Morgan fingerprint density at radius 2 is 1.49 bits per heavy atom. The van der Waals surface area contributed by atoms with Crippen molar-refractivity contribution in [2.24, 2.45) is 11.8 Å². The number of anilines is 2. The van der Waals surface area contributed by atoms with E-state index in [1.165, 1.54) is 24.1 Å². The highest BCUT2D eigenvalue weighted by molar-refractivity contribution is 6.00. The highest BCUT2D eigenvalue weighted by atomic mass is 16.2. The maximum atomic E-state index is 13.3. The lowest BCUT2D eigenvalue weighted by Gasteiger charge is -2.34. The second kappa shape index (κ2) is 11.6. The predicted octanol–water partition coefficient (Wildman–Crippen LogP) is 4.95. The van der Waals surface area contributed by atoms with E-state index in [2.05, 4.69) is 29.6 Å². The molecule has 1 heterocycles. The van der Waals surface area contributed by atoms with Crippen LogP contribution in [-0.2, 0) is 17.6 Å². The van der Waals surface area contributed by atoms with Gasteiger partial charge in [0, 0.05) is 49.1 Å². The zero-order valence-electron chi connectivity index (χ0n) is 22.3. The van der Waals surface area contributed by atoms with E-state index in [0.717, 1.165) is 81.5 Å². The van der Waals surface area contributed by atoms with Crippen LogP contribution in [0.4, 0.5) is 11.8 Å². The second-order valence-electron chi connectivity index (χ2n) is 11.3. The van der Waals surface area contributed by atoms with Crippen LogP contribution in [0.1, 0.15) is 85.8 Å². The molecule has 1 amide bonds. The Bertz CT molecular complexity index is 1090. The van der Waals surface area contributed by atoms with Crippen molar-refractivity contribution < 1.29 is 9.59 Å². The fraction of sp³-hybridized carbons (Fsp3) is 0.600. The Kier molecular flexibility index (Phi) is 8.06. The molecule has 2 fully saturated rings. The van der Waals surface area contributed by atoms with Crippen molar-refractivity contribution >= 4 is 23.5 Å². The Morgan fingerprint density at radius 3 is 2.22 bits per heavy atom. The summed E-state index contributed by atoms with van der Waals surface area (Å²) in [6, 6.07) is 9.93. The van der Waals surface area contributed by atoms with Gasteiger partial charge in [0.25, 0.3) is 0 Å². The van der Waals surface area contributed by atoms with Crippen molar-refractivity contribution in [3.63, 3.8) is 0 Å². The molecule has 3 aliphatic rings. The maximum Gasteiger partial charge on any atom is 0.225 e. The normalized spacial score (nSPS) is 25.6. The van der Waals surface area contributed by atoms with Gasteiger partial charge in [-0.3, -0.25) is 9.59 Å². The minimum absolute atomic E-state index is 0.0686. The minimum atomic E-state index is -0.217. The molecule has 0 bridgehead atoms. The number of nitrogens with zero attached hydrogens (tertiary/aromatic N) is 3. The molecule has 2 N–H and O–H groups in total. The standard InChI is InChI=1S/C30H41N5O2/c1-35(2)28-25-14-8-9-15-26(25)33-30(34-28)32-22-18-16-21(17-19-22)31-29(37)24-13-7-6-12-23(24)27(36)20-10-4-3-5-11-20/h3-5,10-11,21-24H,6-9,12-19H2,1-2H3,(H,31,37)(H,32,33,34)/t21-,22+,23?,24?. The lowest BCUT2D eigenvalue weighted by Crippen LogP contribution is -2.46. The summed E-state index contributed by atoms with van der Waals surface area (Å²) < 4.78 is 0. The van der Waals surface area contributed by atoms with Gasteiger partial charge in [-0.1, -0.05) is 43.2 Å². The van der Waals surface area contributed by atoms with E-state index in [4.69, 9.17) is 9.97 Å². The Hall–Kier alpha value is -2.96. The van der Waals surface area contributed by atoms with Gasteiger partial charge in [-0.2, -0.15) is 4.98 Å². The molecule has 0 aliphatic heterocycles. The summed E-state index contributed by atoms with van der Waals surface area (Å²) in [6.45, 7) is 0. The predicted molar refractivity (Wildman–Crippen MR) is 147 cm³/mol. The topological polar surface area (TPSA) is 87.2 Å². The van der Waals surface area contributed by atoms with Gasteiger partial charge in [-0.05, 0) is 64.2 Å². The number of aromatic nitrogens is 2. The molecule has 5 rings (SSSR count). The number of Topliss-reactive ketones (excluding diaryl/α,β-unsaturated/α-hetero) is 1. The number of aryl methyl sites for hydroxylation is 1. The summed E-state index contributed by atoms with van der Waals surface area (Å²) in [5.74, 6) is 1.54. The summed E-state index contributed by atoms with van der Waals surface area (Å²) in [4.78, 5) is 38.3. The molecule has 1 aromatic carbocycles. The average molecular weight is 504 g/mol. The molecule has 1 aromatic heterocycles. The molecule has 37 heavy (non-hydrogen) atoms. The third-order valence-electron chi connectivity index (χ3n) is 8.49. The van der Waals surface area contributed by atoms with Crippen LogP contribution in [0.15, 0.2) is 30.3 Å². The fourth-order valence-corrected chi connectivity index (χ4v) is 6.46. The van der Waals surface area contributed by atoms with E-state index in [1.807, 2.05) is 30.3 Å². The number of hydrogen-bond donors (Lipinski definition) is 2. The summed E-state index contributed by atoms with van der Waals surface area (Å²) >= 11 is 0. The van der Waals surface area contributed by atoms with Crippen LogP contribution in [-0.4, -0.2) is 47.8 Å². The molecule has 7 heteroatoms. The van der Waals surface area contributed by atoms with Gasteiger partial charge < -0.3 is 15.5 Å². The number of ketones is 1. The van der Waals surface area contributed by atoms with Gasteiger partial charge in [0.05, 0.1) is 5.69 Å². The van der Waals surface area contributed by atoms with Gasteiger partial charge in [0.15, 0.2) is 5.78 Å². The van der Waals surface area contributed by atoms with Crippen LogP contribution in [0.5, 0.6) is 0 Å². The molecule has 2 saturated carbocycles. The molecular formula is C30H41N5O2. The van der Waals surface area contributed by atoms with Crippen LogP contribution in [0.3, 0.4) is 0 Å². The Morgan fingerprint density at radius 1 is 0.811 bits per heavy atom. The first-order chi connectivity index (χ1) is 18.0. The van der Waals surface area contributed by atoms with Crippen molar-refractivity contribution in [2.75, 3.05) is 24.3 Å². The van der Waals surface area contributed by atoms with Crippen molar-refractivity contribution in [3.8, 4) is 0 Å². The summed E-state index contributed by atoms with van der Waals surface area (Å²) in [7, 11) is 4.11. The van der Waals surface area contributed by atoms with E-state index < -0.39 is 0 Å². The maximum absolute atomic E-state index is 13.3. The van der Waals surface area contributed by atoms with E-state index in [0.29, 0.717) is 6.04 Å². The largest absolute Gasteiger partial charge is 0.362 e. The number of hydrogen-bond acceptors (Lipinski definition) is 6. The van der Waals surface area contributed by atoms with Crippen molar-refractivity contribution in [3.05, 3.63) is 47.2 Å². The molecule has 2 atom stereocenters. The first-order valence-corrected chi connectivity index (χ1v) is 14.2. The number of amides is 1. The first-order valence-electron chi connectivity index (χ1n) is 14.2. The fourth-order valence-electron chi connectivity index (χ4n) is 6.46. The van der Waals surface area contributed by atoms with Gasteiger partial charge in [0.2, 0.25) is 11.9 Å². The molecule has 198 valence electrons. The molecule has 0 spiro atoms. The van der Waals surface area contributed by atoms with Crippen LogP contribution in [0.2, 0.25) is 0 Å². The lowest BCUT2D eigenvalue weighted by molar-refractivity contribution is -0.128. The second-order valence-corrected chi connectivity index (χ2v) is 11.3. The van der Waals surface area contributed by atoms with Gasteiger partial charge in [-0.25, -0.2) is 4.98 Å². The van der Waals surface area contributed by atoms with Gasteiger partial charge >= 0.3 is 0 Å². The van der Waals surface area contributed by atoms with Crippen molar-refractivity contribution in [1.82, 2.24) is 15.3 Å². The minimum Gasteiger partial charge on any atom is -0.362 e. The molecule has 2 unspecified atom stereocenters. The van der Waals surface area contributed by atoms with E-state index in [1.54, 1.807) is 0 Å². The number of benzene rings is 1. The third-order valence-corrected chi connectivity index (χ3v) is 8.49. The van der Waals surface area contributed by atoms with Crippen molar-refractivity contribution in [2.45, 2.75) is 89.1 Å². The monoisotopic (exact) mass is 503 g/mol. The number of nitrogens with one attached hydrogen (secondary N) is 2. The highest BCUT2D eigenvalue weighted by Gasteiger charge is 2.37. The van der Waals surface area contributed by atoms with Crippen LogP contribution in [0, 0.1) is 11.8 Å². The van der Waals surface area contributed by atoms with E-state index in [9.17, 15) is 9.59 Å². The Labute approximate surface area is 220 Å². The van der Waals surface area contributed by atoms with Gasteiger partial charge in [0.1, 0.15) is 5.82 Å². The number of carbonyl (C=O) groups excluding carboxylic acids is 2. The quantitative estimate of drug-likeness (QED) is 0.520. The van der Waals surface area contributed by atoms with E-state index in [-0.39, 0.29) is 29.6 Å². The lowest BCUT2D eigenvalue weighted by atomic mass is 9.74. The molecule has 3 aliphatic carbocycles. The molecular weight excluding hydrogens is 462 g/mol. The Balaban J connectivity index is 1.16. The van der Waals surface area contributed by atoms with Crippen LogP contribution < -0.4 is 15.5 Å². The van der Waals surface area contributed by atoms with E-state index >= 15 is 0 Å². The smallest absolute Gasteiger partial charge is 0.225 e. The number of carbonyl (C=O) groups is 2. The first kappa shape index (κ1) is 25.7. The van der Waals surface area contributed by atoms with Crippen LogP contribution >= 0.6 is 0 Å². The number of fused-ring (bicyclic) bond motifs is 1. The van der Waals surface area contributed by atoms with Crippen molar-refractivity contribution in [1.29, 1.82) is 0 Å². The van der Waals surface area contributed by atoms with Crippen LogP contribution in [0.25, 0.3) is 0 Å². The summed E-state index contributed by atoms with van der Waals surface area (Å²) in [6.07, 6.45) is 11.9. The average Bonchev–Trinajstić information content (AvgIpc) is 2.93. The molecule has 0 saturated heterocycles. The van der Waals surface area contributed by atoms with Gasteiger partial charge in [-0.15, -0.1) is 0 Å². The third kappa shape index (κ3) is 5.97. The zero-order chi connectivity index (χ0) is 25.8. The zero-order valence-corrected chi connectivity index (χ0v) is 22.3. The molecule has 2 aromatic rings. The summed E-state index contributed by atoms with van der Waals surface area (Å²) in [5, 5.41) is 6.91.